The van der Waals surface area contributed by atoms with Crippen molar-refractivity contribution < 1.29 is 9.90 Å². The highest BCUT2D eigenvalue weighted by Gasteiger charge is 2.41. The van der Waals surface area contributed by atoms with Gasteiger partial charge >= 0.3 is 5.97 Å². The molecule has 1 saturated carbocycles. The number of pyridine rings is 1. The number of hydrogen-bond acceptors (Lipinski definition) is 2. The SMILES string of the molecule is CCCC1CCC(Cc2cccnc2)(C(=O)O)CC1. The molecule has 1 aromatic rings. The Bertz CT molecular complexity index is 408. The van der Waals surface area contributed by atoms with Gasteiger partial charge in [-0.25, -0.2) is 0 Å². The zero-order valence-corrected chi connectivity index (χ0v) is 11.6. The van der Waals surface area contributed by atoms with E-state index >= 15 is 0 Å². The van der Waals surface area contributed by atoms with Gasteiger partial charge in [0.25, 0.3) is 0 Å². The zero-order chi connectivity index (χ0) is 13.7. The monoisotopic (exact) mass is 261 g/mol. The molecular formula is C16H23NO2. The average molecular weight is 261 g/mol. The van der Waals surface area contributed by atoms with E-state index in [2.05, 4.69) is 11.9 Å². The molecule has 0 spiro atoms. The minimum Gasteiger partial charge on any atom is -0.481 e. The second kappa shape index (κ2) is 6.18. The smallest absolute Gasteiger partial charge is 0.309 e. The van der Waals surface area contributed by atoms with Gasteiger partial charge in [0.1, 0.15) is 0 Å². The van der Waals surface area contributed by atoms with Crippen LogP contribution < -0.4 is 0 Å². The van der Waals surface area contributed by atoms with Crippen LogP contribution in [-0.4, -0.2) is 16.1 Å². The van der Waals surface area contributed by atoms with Crippen LogP contribution in [0, 0.1) is 11.3 Å². The van der Waals surface area contributed by atoms with Crippen molar-refractivity contribution in [2.45, 2.75) is 51.9 Å². The van der Waals surface area contributed by atoms with Gasteiger partial charge in [-0.05, 0) is 49.7 Å². The Balaban J connectivity index is 2.06. The molecular weight excluding hydrogens is 238 g/mol. The maximum absolute atomic E-state index is 11.7. The Morgan fingerprint density at radius 1 is 1.47 bits per heavy atom. The molecule has 3 nitrogen and oxygen atoms in total. The lowest BCUT2D eigenvalue weighted by molar-refractivity contribution is -0.151. The van der Waals surface area contributed by atoms with Crippen molar-refractivity contribution in [3.8, 4) is 0 Å². The maximum atomic E-state index is 11.7. The second-order valence-electron chi connectivity index (χ2n) is 5.86. The van der Waals surface area contributed by atoms with E-state index in [9.17, 15) is 9.90 Å². The van der Waals surface area contributed by atoms with Crippen LogP contribution >= 0.6 is 0 Å². The largest absolute Gasteiger partial charge is 0.481 e. The number of aromatic nitrogens is 1. The molecule has 19 heavy (non-hydrogen) atoms. The molecule has 0 radical (unpaired) electrons. The number of carboxylic acid groups (broad SMARTS) is 1. The van der Waals surface area contributed by atoms with Crippen molar-refractivity contribution in [2.24, 2.45) is 11.3 Å². The van der Waals surface area contributed by atoms with E-state index in [0.717, 1.165) is 37.2 Å². The predicted molar refractivity (Wildman–Crippen MR) is 74.9 cm³/mol. The van der Waals surface area contributed by atoms with Crippen molar-refractivity contribution in [2.75, 3.05) is 0 Å². The molecule has 0 aliphatic heterocycles. The zero-order valence-electron chi connectivity index (χ0n) is 11.6. The van der Waals surface area contributed by atoms with E-state index in [-0.39, 0.29) is 0 Å². The Morgan fingerprint density at radius 2 is 2.21 bits per heavy atom. The molecule has 0 amide bonds. The maximum Gasteiger partial charge on any atom is 0.309 e. The fourth-order valence-electron chi connectivity index (χ4n) is 3.29. The van der Waals surface area contributed by atoms with Gasteiger partial charge in [0, 0.05) is 12.4 Å². The molecule has 0 unspecified atom stereocenters. The summed E-state index contributed by atoms with van der Waals surface area (Å²) in [6.45, 7) is 2.20. The molecule has 1 fully saturated rings. The van der Waals surface area contributed by atoms with Gasteiger partial charge < -0.3 is 5.11 Å². The third-order valence-electron chi connectivity index (χ3n) is 4.48. The van der Waals surface area contributed by atoms with Crippen molar-refractivity contribution in [3.63, 3.8) is 0 Å². The van der Waals surface area contributed by atoms with Gasteiger partial charge in [-0.2, -0.15) is 0 Å². The van der Waals surface area contributed by atoms with Gasteiger partial charge in [0.05, 0.1) is 5.41 Å². The van der Waals surface area contributed by atoms with Gasteiger partial charge in [0.2, 0.25) is 0 Å². The fraction of sp³-hybridized carbons (Fsp3) is 0.625. The second-order valence-corrected chi connectivity index (χ2v) is 5.86. The summed E-state index contributed by atoms with van der Waals surface area (Å²) >= 11 is 0. The van der Waals surface area contributed by atoms with Gasteiger partial charge in [-0.15, -0.1) is 0 Å². The third-order valence-corrected chi connectivity index (χ3v) is 4.48. The van der Waals surface area contributed by atoms with Crippen LogP contribution in [0.25, 0.3) is 0 Å². The Morgan fingerprint density at radius 3 is 2.74 bits per heavy atom. The Hall–Kier alpha value is -1.38. The highest BCUT2D eigenvalue weighted by Crippen LogP contribution is 2.43. The van der Waals surface area contributed by atoms with Gasteiger partial charge in [0.15, 0.2) is 0 Å². The molecule has 0 aromatic carbocycles. The first-order valence-electron chi connectivity index (χ1n) is 7.28. The first-order chi connectivity index (χ1) is 9.16. The van der Waals surface area contributed by atoms with E-state index in [1.807, 2.05) is 12.1 Å². The number of carbonyl (C=O) groups is 1. The number of carboxylic acids is 1. The molecule has 1 heterocycles. The van der Waals surface area contributed by atoms with Crippen LogP contribution in [-0.2, 0) is 11.2 Å². The number of hydrogen-bond donors (Lipinski definition) is 1. The average Bonchev–Trinajstić information content (AvgIpc) is 2.42. The minimum atomic E-state index is -0.633. The summed E-state index contributed by atoms with van der Waals surface area (Å²) < 4.78 is 0. The summed E-state index contributed by atoms with van der Waals surface area (Å²) in [6.07, 6.45) is 10.3. The topological polar surface area (TPSA) is 50.2 Å². The molecule has 2 rings (SSSR count). The lowest BCUT2D eigenvalue weighted by atomic mass is 9.67. The van der Waals surface area contributed by atoms with E-state index < -0.39 is 11.4 Å². The molecule has 3 heteroatoms. The predicted octanol–water partition coefficient (Wildman–Crippen LogP) is 3.69. The minimum absolute atomic E-state index is 0.562. The van der Waals surface area contributed by atoms with Gasteiger partial charge in [-0.3, -0.25) is 9.78 Å². The third kappa shape index (κ3) is 3.34. The van der Waals surface area contributed by atoms with Crippen LogP contribution in [0.5, 0.6) is 0 Å². The summed E-state index contributed by atoms with van der Waals surface area (Å²) in [6, 6.07) is 3.86. The summed E-state index contributed by atoms with van der Waals surface area (Å²) in [5.74, 6) is 0.0951. The summed E-state index contributed by atoms with van der Waals surface area (Å²) in [4.78, 5) is 15.8. The Kier molecular flexibility index (Phi) is 4.56. The molecule has 104 valence electrons. The molecule has 0 atom stereocenters. The molecule has 1 aliphatic carbocycles. The Labute approximate surface area is 115 Å². The van der Waals surface area contributed by atoms with E-state index in [0.29, 0.717) is 6.42 Å². The summed E-state index contributed by atoms with van der Waals surface area (Å²) in [5.41, 5.74) is 0.478. The molecule has 1 N–H and O–H groups in total. The van der Waals surface area contributed by atoms with E-state index in [1.165, 1.54) is 12.8 Å². The lowest BCUT2D eigenvalue weighted by Gasteiger charge is -2.37. The normalized spacial score (nSPS) is 27.1. The quantitative estimate of drug-likeness (QED) is 0.879. The van der Waals surface area contributed by atoms with Crippen molar-refractivity contribution in [1.29, 1.82) is 0 Å². The standard InChI is InChI=1S/C16H23NO2/c1-2-4-13-6-8-16(9-7-13,15(18)19)11-14-5-3-10-17-12-14/h3,5,10,12-13H,2,4,6-9,11H2,1H3,(H,18,19). The lowest BCUT2D eigenvalue weighted by Crippen LogP contribution is -2.37. The number of nitrogens with zero attached hydrogens (tertiary/aromatic N) is 1. The van der Waals surface area contributed by atoms with Crippen LogP contribution in [0.3, 0.4) is 0 Å². The van der Waals surface area contributed by atoms with E-state index in [4.69, 9.17) is 0 Å². The van der Waals surface area contributed by atoms with E-state index in [1.54, 1.807) is 12.4 Å². The van der Waals surface area contributed by atoms with Crippen LogP contribution in [0.15, 0.2) is 24.5 Å². The molecule has 0 saturated heterocycles. The number of aliphatic carboxylic acids is 1. The first-order valence-corrected chi connectivity index (χ1v) is 7.28. The summed E-state index contributed by atoms with van der Waals surface area (Å²) in [7, 11) is 0. The molecule has 0 bridgehead atoms. The highest BCUT2D eigenvalue weighted by molar-refractivity contribution is 5.75. The number of rotatable bonds is 5. The van der Waals surface area contributed by atoms with Crippen LogP contribution in [0.1, 0.15) is 51.0 Å². The van der Waals surface area contributed by atoms with Crippen LogP contribution in [0.4, 0.5) is 0 Å². The van der Waals surface area contributed by atoms with Crippen molar-refractivity contribution in [3.05, 3.63) is 30.1 Å². The van der Waals surface area contributed by atoms with Crippen LogP contribution in [0.2, 0.25) is 0 Å². The highest BCUT2D eigenvalue weighted by atomic mass is 16.4. The van der Waals surface area contributed by atoms with Crippen molar-refractivity contribution in [1.82, 2.24) is 4.98 Å². The first kappa shape index (κ1) is 14.0. The fourth-order valence-corrected chi connectivity index (χ4v) is 3.29. The van der Waals surface area contributed by atoms with Crippen molar-refractivity contribution >= 4 is 5.97 Å². The molecule has 1 aliphatic rings. The van der Waals surface area contributed by atoms with Gasteiger partial charge in [-0.1, -0.05) is 25.8 Å². The summed E-state index contributed by atoms with van der Waals surface area (Å²) in [5, 5.41) is 9.65. The molecule has 1 aromatic heterocycles.